The molecule has 27 heavy (non-hydrogen) atoms. The first kappa shape index (κ1) is 23.1. The maximum Gasteiger partial charge on any atom is 0.319 e. The number of halogens is 3. The second kappa shape index (κ2) is 11.7. The number of ether oxygens (including phenoxy) is 1. The van der Waals surface area contributed by atoms with Crippen LogP contribution in [0.1, 0.15) is 31.8 Å². The van der Waals surface area contributed by atoms with Gasteiger partial charge >= 0.3 is 6.55 Å². The molecule has 0 aliphatic carbocycles. The number of alkyl halides is 2. The van der Waals surface area contributed by atoms with Crippen molar-refractivity contribution in [2.75, 3.05) is 13.1 Å². The van der Waals surface area contributed by atoms with E-state index >= 15 is 0 Å². The number of nitrogens with zero attached hydrogens (tertiary/aromatic N) is 3. The topological polar surface area (TPSA) is 63.5 Å². The lowest BCUT2D eigenvalue weighted by Crippen LogP contribution is -2.41. The van der Waals surface area contributed by atoms with Crippen LogP contribution in [-0.4, -0.2) is 34.7 Å². The van der Waals surface area contributed by atoms with Gasteiger partial charge in [-0.2, -0.15) is 8.78 Å². The van der Waals surface area contributed by atoms with E-state index in [1.54, 1.807) is 0 Å². The van der Waals surface area contributed by atoms with Crippen molar-refractivity contribution in [1.82, 2.24) is 20.2 Å². The van der Waals surface area contributed by atoms with Gasteiger partial charge in [0.15, 0.2) is 5.96 Å². The minimum Gasteiger partial charge on any atom is -0.489 e. The summed E-state index contributed by atoms with van der Waals surface area (Å²) in [6.07, 6.45) is 2.49. The van der Waals surface area contributed by atoms with Gasteiger partial charge in [0, 0.05) is 18.9 Å². The molecule has 0 amide bonds. The van der Waals surface area contributed by atoms with Gasteiger partial charge in [-0.05, 0) is 38.5 Å². The molecule has 1 aromatic carbocycles. The highest BCUT2D eigenvalue weighted by Gasteiger charge is 2.11. The fraction of sp³-hybridized carbons (Fsp3) is 0.444. The smallest absolute Gasteiger partial charge is 0.319 e. The molecule has 0 fully saturated rings. The van der Waals surface area contributed by atoms with Crippen molar-refractivity contribution in [3.63, 3.8) is 0 Å². The van der Waals surface area contributed by atoms with E-state index in [0.717, 1.165) is 15.9 Å². The number of hydrogen-bond acceptors (Lipinski definition) is 3. The lowest BCUT2D eigenvalue weighted by Gasteiger charge is -2.18. The van der Waals surface area contributed by atoms with Gasteiger partial charge in [0.2, 0.25) is 0 Å². The monoisotopic (exact) mass is 493 g/mol. The number of imidazole rings is 1. The molecule has 150 valence electrons. The van der Waals surface area contributed by atoms with Gasteiger partial charge in [-0.25, -0.2) is 9.98 Å². The number of benzene rings is 1. The Balaban J connectivity index is 0.00000364. The summed E-state index contributed by atoms with van der Waals surface area (Å²) >= 11 is 0. The van der Waals surface area contributed by atoms with Gasteiger partial charge in [0.25, 0.3) is 0 Å². The molecule has 0 saturated carbocycles. The van der Waals surface area contributed by atoms with E-state index in [1.807, 2.05) is 45.0 Å². The summed E-state index contributed by atoms with van der Waals surface area (Å²) in [5, 5.41) is 6.24. The Morgan fingerprint density at radius 1 is 1.33 bits per heavy atom. The lowest BCUT2D eigenvalue weighted by atomic mass is 10.2. The molecule has 1 unspecified atom stereocenters. The number of rotatable bonds is 8. The molecule has 9 heteroatoms. The standard InChI is InChI=1S/C18H25F2N5O.HI/c1-4-21-18(24-12-16-22-8-9-25(16)17(19)20)23-11-14(3)26-15-7-5-6-13(2)10-15;/h5-10,14,17H,4,11-12H2,1-3H3,(H2,21,23,24);1H. The minimum absolute atomic E-state index is 0. The number of aromatic nitrogens is 2. The van der Waals surface area contributed by atoms with E-state index in [-0.39, 0.29) is 42.4 Å². The van der Waals surface area contributed by atoms with Gasteiger partial charge in [-0.15, -0.1) is 24.0 Å². The van der Waals surface area contributed by atoms with Crippen molar-refractivity contribution in [3.05, 3.63) is 48.0 Å². The predicted molar refractivity (Wildman–Crippen MR) is 113 cm³/mol. The molecular formula is C18H26F2IN5O. The number of hydrogen-bond donors (Lipinski definition) is 2. The van der Waals surface area contributed by atoms with Crippen LogP contribution in [0.15, 0.2) is 41.7 Å². The van der Waals surface area contributed by atoms with E-state index < -0.39 is 6.55 Å². The quantitative estimate of drug-likeness (QED) is 0.334. The van der Waals surface area contributed by atoms with Crippen LogP contribution in [0.5, 0.6) is 5.75 Å². The van der Waals surface area contributed by atoms with Crippen LogP contribution < -0.4 is 15.4 Å². The van der Waals surface area contributed by atoms with Crippen molar-refractivity contribution in [3.8, 4) is 5.75 Å². The Morgan fingerprint density at radius 3 is 2.78 bits per heavy atom. The molecule has 0 aliphatic heterocycles. The predicted octanol–water partition coefficient (Wildman–Crippen LogP) is 3.73. The van der Waals surface area contributed by atoms with E-state index in [2.05, 4.69) is 20.6 Å². The molecule has 2 rings (SSSR count). The summed E-state index contributed by atoms with van der Waals surface area (Å²) < 4.78 is 32.4. The highest BCUT2D eigenvalue weighted by molar-refractivity contribution is 14.0. The fourth-order valence-corrected chi connectivity index (χ4v) is 2.34. The summed E-state index contributed by atoms with van der Waals surface area (Å²) in [5.41, 5.74) is 1.13. The Bertz CT molecular complexity index is 723. The fourth-order valence-electron chi connectivity index (χ4n) is 2.34. The molecule has 0 saturated heterocycles. The van der Waals surface area contributed by atoms with Gasteiger partial charge in [-0.3, -0.25) is 4.57 Å². The Hall–Kier alpha value is -1.91. The minimum atomic E-state index is -2.62. The molecule has 2 aromatic rings. The van der Waals surface area contributed by atoms with Gasteiger partial charge in [-0.1, -0.05) is 12.1 Å². The molecule has 1 aromatic heterocycles. The first-order chi connectivity index (χ1) is 12.5. The van der Waals surface area contributed by atoms with E-state index in [0.29, 0.717) is 19.0 Å². The first-order valence-electron chi connectivity index (χ1n) is 8.55. The van der Waals surface area contributed by atoms with Crippen molar-refractivity contribution >= 4 is 29.9 Å². The third-order valence-electron chi connectivity index (χ3n) is 3.57. The van der Waals surface area contributed by atoms with E-state index in [1.165, 1.54) is 12.4 Å². The number of aliphatic imine (C=N–C) groups is 1. The largest absolute Gasteiger partial charge is 0.489 e. The molecule has 2 N–H and O–H groups in total. The van der Waals surface area contributed by atoms with Crippen LogP contribution in [-0.2, 0) is 6.54 Å². The van der Waals surface area contributed by atoms with Crippen LogP contribution in [0.3, 0.4) is 0 Å². The molecule has 1 heterocycles. The van der Waals surface area contributed by atoms with Crippen LogP contribution in [0.2, 0.25) is 0 Å². The Kier molecular flexibility index (Phi) is 10.0. The highest BCUT2D eigenvalue weighted by Crippen LogP contribution is 2.14. The summed E-state index contributed by atoms with van der Waals surface area (Å²) in [6, 6.07) is 7.84. The third kappa shape index (κ3) is 7.69. The summed E-state index contributed by atoms with van der Waals surface area (Å²) in [6.45, 7) is 4.49. The van der Waals surface area contributed by atoms with Crippen LogP contribution >= 0.6 is 24.0 Å². The summed E-state index contributed by atoms with van der Waals surface area (Å²) in [7, 11) is 0. The van der Waals surface area contributed by atoms with Gasteiger partial charge < -0.3 is 15.4 Å². The van der Waals surface area contributed by atoms with E-state index in [4.69, 9.17) is 4.74 Å². The number of guanidine groups is 1. The zero-order chi connectivity index (χ0) is 18.9. The van der Waals surface area contributed by atoms with Crippen molar-refractivity contribution < 1.29 is 13.5 Å². The lowest BCUT2D eigenvalue weighted by molar-refractivity contribution is 0.0671. The SMILES string of the molecule is CCNC(=NCc1nccn1C(F)F)NCC(C)Oc1cccc(C)c1.I. The van der Waals surface area contributed by atoms with Gasteiger partial charge in [0.1, 0.15) is 24.2 Å². The van der Waals surface area contributed by atoms with Gasteiger partial charge in [0.05, 0.1) is 6.54 Å². The molecule has 1 atom stereocenters. The molecule has 6 nitrogen and oxygen atoms in total. The van der Waals surface area contributed by atoms with Crippen LogP contribution in [0.25, 0.3) is 0 Å². The molecule has 0 radical (unpaired) electrons. The van der Waals surface area contributed by atoms with Crippen molar-refractivity contribution in [2.45, 2.75) is 40.0 Å². The zero-order valence-electron chi connectivity index (χ0n) is 15.7. The summed E-state index contributed by atoms with van der Waals surface area (Å²) in [4.78, 5) is 8.24. The Labute approximate surface area is 175 Å². The van der Waals surface area contributed by atoms with Crippen LogP contribution in [0.4, 0.5) is 8.78 Å². The maximum atomic E-state index is 12.8. The van der Waals surface area contributed by atoms with Crippen LogP contribution in [0, 0.1) is 6.92 Å². The average molecular weight is 493 g/mol. The van der Waals surface area contributed by atoms with Crippen molar-refractivity contribution in [2.24, 2.45) is 4.99 Å². The zero-order valence-corrected chi connectivity index (χ0v) is 18.0. The molecule has 0 aliphatic rings. The Morgan fingerprint density at radius 2 is 2.11 bits per heavy atom. The molecular weight excluding hydrogens is 467 g/mol. The molecule has 0 bridgehead atoms. The van der Waals surface area contributed by atoms with Crippen molar-refractivity contribution in [1.29, 1.82) is 0 Å². The summed E-state index contributed by atoms with van der Waals surface area (Å²) in [5.74, 6) is 1.54. The number of nitrogens with one attached hydrogen (secondary N) is 2. The average Bonchev–Trinajstić information content (AvgIpc) is 3.06. The first-order valence-corrected chi connectivity index (χ1v) is 8.55. The third-order valence-corrected chi connectivity index (χ3v) is 3.57. The molecule has 0 spiro atoms. The highest BCUT2D eigenvalue weighted by atomic mass is 127. The normalized spacial score (nSPS) is 12.4. The second-order valence-corrected chi connectivity index (χ2v) is 5.85. The maximum absolute atomic E-state index is 12.8. The van der Waals surface area contributed by atoms with E-state index in [9.17, 15) is 8.78 Å². The number of aryl methyl sites for hydroxylation is 1. The second-order valence-electron chi connectivity index (χ2n) is 5.85.